The van der Waals surface area contributed by atoms with Crippen molar-refractivity contribution in [2.24, 2.45) is 0 Å². The third-order valence-electron chi connectivity index (χ3n) is 3.62. The number of aromatic hydroxyl groups is 1. The molecule has 106 valence electrons. The first kappa shape index (κ1) is 15.5. The summed E-state index contributed by atoms with van der Waals surface area (Å²) in [7, 11) is 0. The highest BCUT2D eigenvalue weighted by atomic mass is 16.4. The van der Waals surface area contributed by atoms with E-state index in [1.807, 2.05) is 30.9 Å². The Bertz CT molecular complexity index is 426. The summed E-state index contributed by atoms with van der Waals surface area (Å²) in [6.07, 6.45) is 0.815. The Labute approximate surface area is 114 Å². The van der Waals surface area contributed by atoms with Gasteiger partial charge in [-0.05, 0) is 44.5 Å². The third-order valence-corrected chi connectivity index (χ3v) is 3.62. The minimum Gasteiger partial charge on any atom is -0.508 e. The van der Waals surface area contributed by atoms with Crippen LogP contribution in [0.1, 0.15) is 45.7 Å². The van der Waals surface area contributed by atoms with Crippen LogP contribution in [0.4, 0.5) is 0 Å². The van der Waals surface area contributed by atoms with Gasteiger partial charge in [-0.25, -0.2) is 0 Å². The lowest BCUT2D eigenvalue weighted by atomic mass is 9.94. The van der Waals surface area contributed by atoms with Crippen molar-refractivity contribution >= 4 is 5.97 Å². The van der Waals surface area contributed by atoms with E-state index in [0.29, 0.717) is 6.54 Å². The van der Waals surface area contributed by atoms with Gasteiger partial charge in [-0.1, -0.05) is 26.0 Å². The summed E-state index contributed by atoms with van der Waals surface area (Å²) in [6.45, 7) is 8.11. The fourth-order valence-electron chi connectivity index (χ4n) is 2.46. The van der Waals surface area contributed by atoms with Crippen LogP contribution in [0.25, 0.3) is 0 Å². The quantitative estimate of drug-likeness (QED) is 0.830. The van der Waals surface area contributed by atoms with E-state index >= 15 is 0 Å². The molecule has 4 heteroatoms. The lowest BCUT2D eigenvalue weighted by Crippen LogP contribution is -2.51. The van der Waals surface area contributed by atoms with E-state index in [2.05, 4.69) is 0 Å². The number of carboxylic acids is 1. The minimum atomic E-state index is -0.923. The van der Waals surface area contributed by atoms with Crippen molar-refractivity contribution in [2.45, 2.75) is 45.7 Å². The molecule has 0 saturated heterocycles. The molecule has 0 spiro atoms. The van der Waals surface area contributed by atoms with Crippen LogP contribution < -0.4 is 0 Å². The monoisotopic (exact) mass is 265 g/mol. The maximum atomic E-state index is 11.4. The van der Waals surface area contributed by atoms with Crippen molar-refractivity contribution in [3.8, 4) is 5.75 Å². The Hall–Kier alpha value is -1.55. The summed E-state index contributed by atoms with van der Waals surface area (Å²) in [4.78, 5) is 13.4. The second-order valence-corrected chi connectivity index (χ2v) is 5.17. The number of aliphatic carboxylic acids is 1. The number of carboxylic acid groups (broad SMARTS) is 1. The molecule has 1 unspecified atom stereocenters. The third kappa shape index (κ3) is 3.26. The topological polar surface area (TPSA) is 60.8 Å². The Morgan fingerprint density at radius 2 is 1.79 bits per heavy atom. The van der Waals surface area contributed by atoms with E-state index in [1.165, 1.54) is 0 Å². The van der Waals surface area contributed by atoms with Crippen LogP contribution in [0.5, 0.6) is 5.75 Å². The van der Waals surface area contributed by atoms with E-state index < -0.39 is 11.5 Å². The van der Waals surface area contributed by atoms with Gasteiger partial charge >= 0.3 is 5.97 Å². The predicted octanol–water partition coefficient (Wildman–Crippen LogP) is 3.03. The van der Waals surface area contributed by atoms with E-state index in [9.17, 15) is 15.0 Å². The first-order valence-electron chi connectivity index (χ1n) is 6.63. The normalized spacial score (nSPS) is 13.5. The van der Waals surface area contributed by atoms with Crippen molar-refractivity contribution in [2.75, 3.05) is 6.54 Å². The number of hydrogen-bond acceptors (Lipinski definition) is 3. The standard InChI is InChI=1S/C15H23NO3/c1-5-13(11-7-9-12(17)10-8-11)16(6-2)15(3,4)14(18)19/h7-10,13,17H,5-6H2,1-4H3,(H,18,19). The second-order valence-electron chi connectivity index (χ2n) is 5.17. The number of phenols is 1. The van der Waals surface area contributed by atoms with Gasteiger partial charge in [-0.15, -0.1) is 0 Å². The Balaban J connectivity index is 3.12. The van der Waals surface area contributed by atoms with Crippen molar-refractivity contribution in [3.63, 3.8) is 0 Å². The average Bonchev–Trinajstić information content (AvgIpc) is 2.36. The summed E-state index contributed by atoms with van der Waals surface area (Å²) in [5, 5.41) is 18.7. The molecule has 4 nitrogen and oxygen atoms in total. The SMILES string of the molecule is CCC(c1ccc(O)cc1)N(CC)C(C)(C)C(=O)O. The fraction of sp³-hybridized carbons (Fsp3) is 0.533. The molecular formula is C15H23NO3. The van der Waals surface area contributed by atoms with E-state index in [-0.39, 0.29) is 11.8 Å². The van der Waals surface area contributed by atoms with Crippen LogP contribution in [0.2, 0.25) is 0 Å². The predicted molar refractivity (Wildman–Crippen MR) is 75.2 cm³/mol. The molecule has 0 amide bonds. The summed E-state index contributed by atoms with van der Waals surface area (Å²) in [5.41, 5.74) is 0.101. The van der Waals surface area contributed by atoms with E-state index in [1.54, 1.807) is 26.0 Å². The van der Waals surface area contributed by atoms with Crippen molar-refractivity contribution in [1.29, 1.82) is 0 Å². The van der Waals surface area contributed by atoms with Gasteiger partial charge in [0.15, 0.2) is 0 Å². The van der Waals surface area contributed by atoms with Gasteiger partial charge in [0.05, 0.1) is 0 Å². The molecule has 0 fully saturated rings. The zero-order valence-corrected chi connectivity index (χ0v) is 12.1. The summed E-state index contributed by atoms with van der Waals surface area (Å²) >= 11 is 0. The maximum Gasteiger partial charge on any atom is 0.323 e. The van der Waals surface area contributed by atoms with Crippen LogP contribution in [-0.4, -0.2) is 33.2 Å². The molecule has 2 N–H and O–H groups in total. The first-order valence-corrected chi connectivity index (χ1v) is 6.63. The molecule has 1 aromatic carbocycles. The van der Waals surface area contributed by atoms with Gasteiger partial charge < -0.3 is 10.2 Å². The van der Waals surface area contributed by atoms with Crippen molar-refractivity contribution in [1.82, 2.24) is 4.90 Å². The van der Waals surface area contributed by atoms with Crippen LogP contribution >= 0.6 is 0 Å². The van der Waals surface area contributed by atoms with Crippen molar-refractivity contribution < 1.29 is 15.0 Å². The highest BCUT2D eigenvalue weighted by Gasteiger charge is 2.37. The molecule has 0 radical (unpaired) electrons. The number of rotatable bonds is 6. The van der Waals surface area contributed by atoms with Crippen LogP contribution in [0.15, 0.2) is 24.3 Å². The Kier molecular flexibility index (Phi) is 4.95. The van der Waals surface area contributed by atoms with Gasteiger partial charge in [0.25, 0.3) is 0 Å². The summed E-state index contributed by atoms with van der Waals surface area (Å²) in [6, 6.07) is 7.00. The van der Waals surface area contributed by atoms with Crippen LogP contribution in [0.3, 0.4) is 0 Å². The van der Waals surface area contributed by atoms with Crippen LogP contribution in [0, 0.1) is 0 Å². The molecule has 0 aromatic heterocycles. The molecule has 1 aromatic rings. The molecule has 0 aliphatic rings. The van der Waals surface area contributed by atoms with Crippen LogP contribution in [-0.2, 0) is 4.79 Å². The van der Waals surface area contributed by atoms with Crippen molar-refractivity contribution in [3.05, 3.63) is 29.8 Å². The number of hydrogen-bond donors (Lipinski definition) is 2. The van der Waals surface area contributed by atoms with Gasteiger partial charge in [0, 0.05) is 6.04 Å². The lowest BCUT2D eigenvalue weighted by Gasteiger charge is -2.40. The summed E-state index contributed by atoms with van der Waals surface area (Å²) < 4.78 is 0. The molecule has 0 heterocycles. The Morgan fingerprint density at radius 3 is 2.16 bits per heavy atom. The number of phenolic OH excluding ortho intramolecular Hbond substituents is 1. The zero-order valence-electron chi connectivity index (χ0n) is 12.1. The molecule has 1 rings (SSSR count). The van der Waals surface area contributed by atoms with Gasteiger partial charge in [0.1, 0.15) is 11.3 Å². The number of carbonyl (C=O) groups is 1. The number of nitrogens with zero attached hydrogens (tertiary/aromatic N) is 1. The molecule has 0 saturated carbocycles. The van der Waals surface area contributed by atoms with Gasteiger partial charge in [0.2, 0.25) is 0 Å². The smallest absolute Gasteiger partial charge is 0.323 e. The largest absolute Gasteiger partial charge is 0.508 e. The average molecular weight is 265 g/mol. The lowest BCUT2D eigenvalue weighted by molar-refractivity contribution is -0.151. The summed E-state index contributed by atoms with van der Waals surface area (Å²) in [5.74, 6) is -0.606. The fourth-order valence-corrected chi connectivity index (χ4v) is 2.46. The molecular weight excluding hydrogens is 242 g/mol. The molecule has 0 bridgehead atoms. The van der Waals surface area contributed by atoms with E-state index in [0.717, 1.165) is 12.0 Å². The first-order chi connectivity index (χ1) is 8.84. The minimum absolute atomic E-state index is 0.0247. The zero-order chi connectivity index (χ0) is 14.6. The molecule has 1 atom stereocenters. The maximum absolute atomic E-state index is 11.4. The molecule has 0 aliphatic heterocycles. The molecule has 0 aliphatic carbocycles. The van der Waals surface area contributed by atoms with E-state index in [4.69, 9.17) is 0 Å². The highest BCUT2D eigenvalue weighted by molar-refractivity contribution is 5.77. The highest BCUT2D eigenvalue weighted by Crippen LogP contribution is 2.31. The number of likely N-dealkylation sites (N-methyl/N-ethyl adjacent to an activating group) is 1. The number of benzene rings is 1. The van der Waals surface area contributed by atoms with Gasteiger partial charge in [-0.2, -0.15) is 0 Å². The Morgan fingerprint density at radius 1 is 1.26 bits per heavy atom. The van der Waals surface area contributed by atoms with Gasteiger partial charge in [-0.3, -0.25) is 9.69 Å². The second kappa shape index (κ2) is 6.06. The molecule has 19 heavy (non-hydrogen) atoms.